The molecule has 0 fully saturated rings. The van der Waals surface area contributed by atoms with Gasteiger partial charge in [-0.3, -0.25) is 14.2 Å². The van der Waals surface area contributed by atoms with Crippen LogP contribution in [0.25, 0.3) is 0 Å². The van der Waals surface area contributed by atoms with Crippen LogP contribution in [0.4, 0.5) is 0 Å². The van der Waals surface area contributed by atoms with E-state index in [0.717, 1.165) is 116 Å². The van der Waals surface area contributed by atoms with E-state index in [9.17, 15) is 19.0 Å². The van der Waals surface area contributed by atoms with Crippen LogP contribution in [0.5, 0.6) is 0 Å². The molecule has 0 spiro atoms. The van der Waals surface area contributed by atoms with Gasteiger partial charge in [0.05, 0.1) is 33.8 Å². The van der Waals surface area contributed by atoms with Gasteiger partial charge in [-0.1, -0.05) is 233 Å². The number of hydrogen-bond acceptors (Lipinski definition) is 7. The summed E-state index contributed by atoms with van der Waals surface area (Å²) in [4.78, 5) is 40.0. The van der Waals surface area contributed by atoms with E-state index in [0.29, 0.717) is 23.9 Å². The third-order valence-corrected chi connectivity index (χ3v) is 14.2. The topological polar surface area (TPSA) is 114 Å². The van der Waals surface area contributed by atoms with E-state index in [1.54, 1.807) is 0 Å². The van der Waals surface area contributed by atoms with E-state index >= 15 is 0 Å². The molecule has 3 atom stereocenters. The molecule has 10 heteroatoms. The molecule has 0 radical (unpaired) electrons. The number of carbonyl (C=O) groups excluding carboxylic acids is 2. The minimum Gasteiger partial charge on any atom is -0.756 e. The number of phosphoric acid groups is 1. The first-order chi connectivity index (χ1) is 37.4. The van der Waals surface area contributed by atoms with Crippen molar-refractivity contribution in [1.29, 1.82) is 0 Å². The summed E-state index contributed by atoms with van der Waals surface area (Å²) in [6, 6.07) is -0.911. The first-order valence-corrected chi connectivity index (χ1v) is 32.7. The molecule has 0 aliphatic carbocycles. The summed E-state index contributed by atoms with van der Waals surface area (Å²) in [5.41, 5.74) is 0. The van der Waals surface area contributed by atoms with Gasteiger partial charge < -0.3 is 28.5 Å². The summed E-state index contributed by atoms with van der Waals surface area (Å²) in [7, 11) is 1.15. The Morgan fingerprint density at radius 1 is 0.468 bits per heavy atom. The van der Waals surface area contributed by atoms with Crippen molar-refractivity contribution in [3.05, 3.63) is 109 Å². The highest BCUT2D eigenvalue weighted by Crippen LogP contribution is 2.38. The van der Waals surface area contributed by atoms with Gasteiger partial charge in [0, 0.05) is 12.8 Å². The van der Waals surface area contributed by atoms with Crippen LogP contribution in [-0.4, -0.2) is 69.4 Å². The fourth-order valence-electron chi connectivity index (χ4n) is 8.38. The lowest BCUT2D eigenvalue weighted by Gasteiger charge is -2.30. The Morgan fingerprint density at radius 2 is 0.831 bits per heavy atom. The van der Waals surface area contributed by atoms with E-state index in [1.165, 1.54) is 89.9 Å². The molecule has 0 aliphatic heterocycles. The number of ether oxygens (including phenoxy) is 1. The zero-order valence-corrected chi connectivity index (χ0v) is 51.3. The van der Waals surface area contributed by atoms with Crippen LogP contribution in [-0.2, 0) is 27.9 Å². The van der Waals surface area contributed by atoms with Crippen LogP contribution in [0.1, 0.15) is 252 Å². The molecule has 0 bridgehead atoms. The second-order valence-corrected chi connectivity index (χ2v) is 23.2. The van der Waals surface area contributed by atoms with Crippen LogP contribution in [0.3, 0.4) is 0 Å². The molecule has 442 valence electrons. The van der Waals surface area contributed by atoms with Gasteiger partial charge in [-0.15, -0.1) is 0 Å². The van der Waals surface area contributed by atoms with Crippen molar-refractivity contribution in [3.63, 3.8) is 0 Å². The molecule has 0 saturated carbocycles. The van der Waals surface area contributed by atoms with Crippen LogP contribution in [0.2, 0.25) is 0 Å². The average Bonchev–Trinajstić information content (AvgIpc) is 3.39. The number of phosphoric ester groups is 1. The van der Waals surface area contributed by atoms with Crippen LogP contribution >= 0.6 is 7.82 Å². The third kappa shape index (κ3) is 57.2. The van der Waals surface area contributed by atoms with Crippen molar-refractivity contribution < 1.29 is 37.3 Å². The summed E-state index contributed by atoms with van der Waals surface area (Å²) in [6.07, 6.45) is 76.2. The molecular formula is C67H117N2O7P. The normalized spacial score (nSPS) is 14.4. The Balaban J connectivity index is 5.26. The van der Waals surface area contributed by atoms with Gasteiger partial charge in [0.15, 0.2) is 0 Å². The monoisotopic (exact) mass is 1090 g/mol. The predicted molar refractivity (Wildman–Crippen MR) is 330 cm³/mol. The van der Waals surface area contributed by atoms with Gasteiger partial charge in [0.25, 0.3) is 7.82 Å². The molecule has 1 amide bonds. The SMILES string of the molecule is CC/C=C\C/C=C\C/C=C\C/C=C\C/C=C\CCCCCCCCCC(=O)OC(/C=C\CCCCCCCCCCC)C(COP(=O)([O-])OCC[N+](C)(C)C)NC(=O)CCCCCC/C=C\C/C=C\C/C=C\CCCCC. The summed E-state index contributed by atoms with van der Waals surface area (Å²) >= 11 is 0. The number of nitrogens with one attached hydrogen (secondary N) is 1. The molecule has 77 heavy (non-hydrogen) atoms. The van der Waals surface area contributed by atoms with Crippen LogP contribution in [0, 0.1) is 0 Å². The zero-order chi connectivity index (χ0) is 56.4. The first-order valence-electron chi connectivity index (χ1n) is 31.2. The number of rotatable bonds is 55. The predicted octanol–water partition coefficient (Wildman–Crippen LogP) is 18.7. The highest BCUT2D eigenvalue weighted by molar-refractivity contribution is 7.45. The van der Waals surface area contributed by atoms with Crippen molar-refractivity contribution in [2.45, 2.75) is 264 Å². The van der Waals surface area contributed by atoms with Crippen molar-refractivity contribution in [3.8, 4) is 0 Å². The molecule has 0 rings (SSSR count). The van der Waals surface area contributed by atoms with E-state index in [4.69, 9.17) is 13.8 Å². The van der Waals surface area contributed by atoms with Crippen molar-refractivity contribution in [2.75, 3.05) is 40.9 Å². The maximum atomic E-state index is 13.5. The number of hydrogen-bond donors (Lipinski definition) is 1. The van der Waals surface area contributed by atoms with Crippen LogP contribution in [0.15, 0.2) is 109 Å². The molecule has 1 N–H and O–H groups in total. The molecule has 0 aliphatic rings. The number of likely N-dealkylation sites (N-methyl/N-ethyl adjacent to an activating group) is 1. The van der Waals surface area contributed by atoms with Gasteiger partial charge >= 0.3 is 5.97 Å². The Hall–Kier alpha value is -3.33. The second-order valence-electron chi connectivity index (χ2n) is 21.8. The van der Waals surface area contributed by atoms with Gasteiger partial charge in [-0.2, -0.15) is 0 Å². The number of amides is 1. The van der Waals surface area contributed by atoms with E-state index in [1.807, 2.05) is 33.3 Å². The molecule has 0 aromatic heterocycles. The van der Waals surface area contributed by atoms with Gasteiger partial charge in [-0.25, -0.2) is 0 Å². The number of unbranched alkanes of at least 4 members (excludes halogenated alkanes) is 23. The van der Waals surface area contributed by atoms with Crippen molar-refractivity contribution in [1.82, 2.24) is 5.32 Å². The maximum absolute atomic E-state index is 13.5. The summed E-state index contributed by atoms with van der Waals surface area (Å²) in [5, 5.41) is 3.01. The zero-order valence-electron chi connectivity index (χ0n) is 50.4. The molecule has 0 heterocycles. The highest BCUT2D eigenvalue weighted by Gasteiger charge is 2.27. The Kier molecular flexibility index (Phi) is 53.5. The first kappa shape index (κ1) is 73.7. The van der Waals surface area contributed by atoms with Crippen molar-refractivity contribution >= 4 is 19.7 Å². The number of quaternary nitrogens is 1. The standard InChI is InChI=1S/C67H117N2O7P/c1-7-10-13-16-19-22-25-27-29-31-32-33-34-35-36-38-40-42-45-48-51-54-57-60-67(71)76-65(58-55-52-49-46-43-24-21-18-15-12-9-3)64(63-75-77(72,73)74-62-61-69(4,5)6)68-66(70)59-56-53-50-47-44-41-39-37-30-28-26-23-20-17-14-11-8-2/h10,13,19-20,22-23,27-30,32-33,35-36,39,41,55,58,64-65H,7-9,11-12,14-18,21,24-26,31,34,37-38,40,42-54,56-57,59-63H2,1-6H3,(H-,68,70,72,73)/b13-10-,22-19-,23-20-,29-27-,30-28-,33-32-,36-35-,41-39-,58-55-. The minimum absolute atomic E-state index is 0.0343. The van der Waals surface area contributed by atoms with Gasteiger partial charge in [-0.05, 0) is 115 Å². The van der Waals surface area contributed by atoms with E-state index in [2.05, 4.69) is 123 Å². The molecule has 0 aromatic rings. The summed E-state index contributed by atoms with van der Waals surface area (Å²) in [5.74, 6) is -0.585. The molecular weight excluding hydrogens is 976 g/mol. The summed E-state index contributed by atoms with van der Waals surface area (Å²) in [6.45, 7) is 6.66. The molecule has 9 nitrogen and oxygen atoms in total. The average molecular weight is 1090 g/mol. The Morgan fingerprint density at radius 3 is 1.27 bits per heavy atom. The number of carbonyl (C=O) groups is 2. The number of allylic oxidation sites excluding steroid dienone is 17. The number of esters is 1. The fourth-order valence-corrected chi connectivity index (χ4v) is 9.10. The lowest BCUT2D eigenvalue weighted by Crippen LogP contribution is -2.47. The molecule has 0 saturated heterocycles. The van der Waals surface area contributed by atoms with E-state index < -0.39 is 26.6 Å². The molecule has 0 aromatic carbocycles. The third-order valence-electron chi connectivity index (χ3n) is 13.2. The molecule has 3 unspecified atom stereocenters. The lowest BCUT2D eigenvalue weighted by molar-refractivity contribution is -0.870. The largest absolute Gasteiger partial charge is 0.756 e. The van der Waals surface area contributed by atoms with Crippen LogP contribution < -0.4 is 10.2 Å². The fraction of sp³-hybridized carbons (Fsp3) is 0.701. The minimum atomic E-state index is -4.71. The van der Waals surface area contributed by atoms with E-state index in [-0.39, 0.29) is 31.3 Å². The Bertz CT molecular complexity index is 1690. The van der Waals surface area contributed by atoms with Gasteiger partial charge in [0.1, 0.15) is 19.3 Å². The quantitative estimate of drug-likeness (QED) is 0.0212. The lowest BCUT2D eigenvalue weighted by atomic mass is 10.1. The van der Waals surface area contributed by atoms with Crippen molar-refractivity contribution in [2.24, 2.45) is 0 Å². The smallest absolute Gasteiger partial charge is 0.306 e. The summed E-state index contributed by atoms with van der Waals surface area (Å²) < 4.78 is 30.3. The maximum Gasteiger partial charge on any atom is 0.306 e. The second kappa shape index (κ2) is 56.0. The Labute approximate surface area is 474 Å². The number of nitrogens with zero attached hydrogens (tertiary/aromatic N) is 1. The highest BCUT2D eigenvalue weighted by atomic mass is 31.2. The van der Waals surface area contributed by atoms with Gasteiger partial charge in [0.2, 0.25) is 5.91 Å².